The molecule has 2 aliphatic rings. The molecule has 0 spiro atoms. The van der Waals surface area contributed by atoms with Crippen LogP contribution in [-0.4, -0.2) is 24.5 Å². The number of allylic oxidation sites excluding steroid dienone is 1. The lowest BCUT2D eigenvalue weighted by atomic mass is 9.88. The molecule has 3 rings (SSSR count). The average Bonchev–Trinajstić information content (AvgIpc) is 2.64. The van der Waals surface area contributed by atoms with Gasteiger partial charge in [-0.3, -0.25) is 4.79 Å². The number of hydrogen-bond donors (Lipinski definition) is 1. The van der Waals surface area contributed by atoms with E-state index in [2.05, 4.69) is 62.3 Å². The van der Waals surface area contributed by atoms with E-state index in [1.165, 1.54) is 17.7 Å². The topological polar surface area (TPSA) is 56.1 Å². The van der Waals surface area contributed by atoms with Gasteiger partial charge in [0.25, 0.3) is 5.91 Å². The van der Waals surface area contributed by atoms with E-state index >= 15 is 0 Å². The smallest absolute Gasteiger partial charge is 0.262 e. The minimum atomic E-state index is -0.257. The minimum absolute atomic E-state index is 0.0356. The van der Waals surface area contributed by atoms with Crippen molar-refractivity contribution in [3.63, 3.8) is 0 Å². The van der Waals surface area contributed by atoms with Gasteiger partial charge < -0.3 is 10.2 Å². The quantitative estimate of drug-likeness (QED) is 0.627. The maximum absolute atomic E-state index is 12.5. The summed E-state index contributed by atoms with van der Waals surface area (Å²) in [6.07, 6.45) is 9.51. The van der Waals surface area contributed by atoms with Gasteiger partial charge in [-0.2, -0.15) is 5.26 Å². The van der Waals surface area contributed by atoms with Gasteiger partial charge in [0.2, 0.25) is 0 Å². The van der Waals surface area contributed by atoms with Crippen molar-refractivity contribution >= 4 is 23.2 Å². The zero-order valence-corrected chi connectivity index (χ0v) is 16.8. The Morgan fingerprint density at radius 1 is 1.30 bits per heavy atom. The molecule has 0 aromatic heterocycles. The summed E-state index contributed by atoms with van der Waals surface area (Å²) in [4.78, 5) is 14.8. The van der Waals surface area contributed by atoms with Crippen LogP contribution in [-0.2, 0) is 4.79 Å². The monoisotopic (exact) mass is 363 g/mol. The van der Waals surface area contributed by atoms with Gasteiger partial charge in [0, 0.05) is 24.3 Å². The van der Waals surface area contributed by atoms with Crippen molar-refractivity contribution in [1.29, 1.82) is 5.26 Å². The second-order valence-corrected chi connectivity index (χ2v) is 8.29. The molecule has 4 nitrogen and oxygen atoms in total. The second kappa shape index (κ2) is 7.60. The number of hydrogen-bond acceptors (Lipinski definition) is 3. The zero-order chi connectivity index (χ0) is 19.6. The Bertz CT molecular complexity index is 836. The third-order valence-corrected chi connectivity index (χ3v) is 5.86. The molecule has 0 bridgehead atoms. The molecule has 0 atom stereocenters. The van der Waals surface area contributed by atoms with E-state index in [4.69, 9.17) is 0 Å². The predicted octanol–water partition coefficient (Wildman–Crippen LogP) is 4.67. The molecule has 1 aromatic carbocycles. The van der Waals surface area contributed by atoms with E-state index in [0.717, 1.165) is 36.8 Å². The van der Waals surface area contributed by atoms with Gasteiger partial charge in [-0.15, -0.1) is 0 Å². The van der Waals surface area contributed by atoms with Crippen molar-refractivity contribution in [3.05, 3.63) is 41.0 Å². The molecule has 1 aliphatic carbocycles. The fraction of sp³-hybridized carbons (Fsp3) is 0.478. The molecule has 1 amide bonds. The normalized spacial score (nSPS) is 19.7. The summed E-state index contributed by atoms with van der Waals surface area (Å²) in [6.45, 7) is 6.50. The summed E-state index contributed by atoms with van der Waals surface area (Å²) >= 11 is 0. The molecular weight excluding hydrogens is 334 g/mol. The fourth-order valence-electron chi connectivity index (χ4n) is 4.09. The highest BCUT2D eigenvalue weighted by atomic mass is 16.1. The molecule has 0 saturated heterocycles. The maximum Gasteiger partial charge on any atom is 0.262 e. The number of carbonyl (C=O) groups excluding carboxylic acids is 1. The summed E-state index contributed by atoms with van der Waals surface area (Å²) in [5.74, 6) is -0.257. The molecule has 0 unspecified atom stereocenters. The number of carbonyl (C=O) groups is 1. The van der Waals surface area contributed by atoms with E-state index in [0.29, 0.717) is 0 Å². The van der Waals surface area contributed by atoms with Gasteiger partial charge in [-0.05, 0) is 63.0 Å². The first-order valence-electron chi connectivity index (χ1n) is 9.82. The van der Waals surface area contributed by atoms with Crippen LogP contribution in [0, 0.1) is 11.3 Å². The number of nitriles is 1. The summed E-state index contributed by atoms with van der Waals surface area (Å²) in [5.41, 5.74) is 4.55. The molecule has 1 saturated carbocycles. The van der Waals surface area contributed by atoms with Crippen molar-refractivity contribution in [2.24, 2.45) is 0 Å². The van der Waals surface area contributed by atoms with Gasteiger partial charge in [-0.1, -0.05) is 31.4 Å². The molecule has 27 heavy (non-hydrogen) atoms. The van der Waals surface area contributed by atoms with Gasteiger partial charge in [0.1, 0.15) is 11.6 Å². The highest BCUT2D eigenvalue weighted by Crippen LogP contribution is 2.38. The number of anilines is 1. The molecule has 1 N–H and O–H groups in total. The first kappa shape index (κ1) is 19.2. The van der Waals surface area contributed by atoms with Crippen molar-refractivity contribution in [2.75, 3.05) is 11.9 Å². The highest BCUT2D eigenvalue weighted by molar-refractivity contribution is 6.02. The SMILES string of the molecule is CC1=CC(C)(C)N(C)c2ccc(/C=C(\C#N)C(=O)NC3CCCCC3)cc21. The Hall–Kier alpha value is -2.54. The third kappa shape index (κ3) is 4.08. The molecular formula is C23H29N3O. The van der Waals surface area contributed by atoms with Crippen LogP contribution in [0.5, 0.6) is 0 Å². The van der Waals surface area contributed by atoms with Crippen molar-refractivity contribution in [3.8, 4) is 6.07 Å². The van der Waals surface area contributed by atoms with Crippen LogP contribution >= 0.6 is 0 Å². The van der Waals surface area contributed by atoms with E-state index in [-0.39, 0.29) is 23.1 Å². The summed E-state index contributed by atoms with van der Waals surface area (Å²) in [6, 6.07) is 8.40. The molecule has 4 heteroatoms. The van der Waals surface area contributed by atoms with Gasteiger partial charge in [-0.25, -0.2) is 0 Å². The molecule has 1 heterocycles. The van der Waals surface area contributed by atoms with Gasteiger partial charge in [0.15, 0.2) is 0 Å². The average molecular weight is 364 g/mol. The first-order valence-corrected chi connectivity index (χ1v) is 9.82. The minimum Gasteiger partial charge on any atom is -0.366 e. The van der Waals surface area contributed by atoms with Crippen LogP contribution in [0.1, 0.15) is 64.0 Å². The number of amides is 1. The molecule has 1 aromatic rings. The van der Waals surface area contributed by atoms with Crippen molar-refractivity contribution < 1.29 is 4.79 Å². The van der Waals surface area contributed by atoms with Gasteiger partial charge in [0.05, 0.1) is 5.54 Å². The Morgan fingerprint density at radius 2 is 2.00 bits per heavy atom. The lowest BCUT2D eigenvalue weighted by Crippen LogP contribution is -2.42. The first-order chi connectivity index (χ1) is 12.8. The number of nitrogens with one attached hydrogen (secondary N) is 1. The number of benzene rings is 1. The molecule has 1 aliphatic heterocycles. The van der Waals surface area contributed by atoms with E-state index in [9.17, 15) is 10.1 Å². The standard InChI is InChI=1S/C23H29N3O/c1-16-14-23(2,3)26(4)21-11-10-17(13-20(16)21)12-18(15-24)22(27)25-19-8-6-5-7-9-19/h10-14,19H,5-9H2,1-4H3,(H,25,27)/b18-12+. The van der Waals surface area contributed by atoms with Crippen molar-refractivity contribution in [1.82, 2.24) is 5.32 Å². The second-order valence-electron chi connectivity index (χ2n) is 8.29. The summed E-state index contributed by atoms with van der Waals surface area (Å²) in [5, 5.41) is 12.5. The van der Waals surface area contributed by atoms with Crippen molar-refractivity contribution in [2.45, 2.75) is 64.5 Å². The van der Waals surface area contributed by atoms with Crippen LogP contribution in [0.2, 0.25) is 0 Å². The van der Waals surface area contributed by atoms with Crippen LogP contribution in [0.4, 0.5) is 5.69 Å². The maximum atomic E-state index is 12.5. The molecule has 0 radical (unpaired) electrons. The fourth-order valence-corrected chi connectivity index (χ4v) is 4.09. The van der Waals surface area contributed by atoms with Crippen LogP contribution in [0.15, 0.2) is 29.8 Å². The summed E-state index contributed by atoms with van der Waals surface area (Å²) < 4.78 is 0. The number of likely N-dealkylation sites (N-methyl/N-ethyl adjacent to an activating group) is 1. The Balaban J connectivity index is 1.84. The molecule has 142 valence electrons. The van der Waals surface area contributed by atoms with Crippen LogP contribution in [0.25, 0.3) is 11.6 Å². The number of nitrogens with zero attached hydrogens (tertiary/aromatic N) is 2. The van der Waals surface area contributed by atoms with E-state index in [1.54, 1.807) is 6.08 Å². The van der Waals surface area contributed by atoms with Crippen LogP contribution < -0.4 is 10.2 Å². The third-order valence-electron chi connectivity index (χ3n) is 5.86. The lowest BCUT2D eigenvalue weighted by Gasteiger charge is -2.40. The lowest BCUT2D eigenvalue weighted by molar-refractivity contribution is -0.117. The molecule has 1 fully saturated rings. The largest absolute Gasteiger partial charge is 0.366 e. The Kier molecular flexibility index (Phi) is 5.41. The number of rotatable bonds is 3. The van der Waals surface area contributed by atoms with Crippen LogP contribution in [0.3, 0.4) is 0 Å². The zero-order valence-electron chi connectivity index (χ0n) is 16.8. The number of fused-ring (bicyclic) bond motifs is 1. The van der Waals surface area contributed by atoms with E-state index in [1.807, 2.05) is 6.07 Å². The van der Waals surface area contributed by atoms with Gasteiger partial charge >= 0.3 is 0 Å². The Morgan fingerprint density at radius 3 is 2.67 bits per heavy atom. The Labute approximate surface area is 162 Å². The summed E-state index contributed by atoms with van der Waals surface area (Å²) in [7, 11) is 2.09. The predicted molar refractivity (Wildman–Crippen MR) is 111 cm³/mol. The highest BCUT2D eigenvalue weighted by Gasteiger charge is 2.28. The van der Waals surface area contributed by atoms with E-state index < -0.39 is 0 Å².